The minimum atomic E-state index is -0.970. The molecule has 0 bridgehead atoms. The molecule has 2 aromatic rings. The van der Waals surface area contributed by atoms with Crippen LogP contribution in [0.1, 0.15) is 0 Å². The van der Waals surface area contributed by atoms with Crippen molar-refractivity contribution >= 4 is 29.1 Å². The molecule has 1 fully saturated rings. The maximum Gasteiger partial charge on any atom is 0.263 e. The van der Waals surface area contributed by atoms with Crippen molar-refractivity contribution in [3.8, 4) is 5.75 Å². The minimum Gasteiger partial charge on any atom is -0.495 e. The molecule has 9 heteroatoms. The Hall–Kier alpha value is -3.75. The van der Waals surface area contributed by atoms with Crippen LogP contribution < -0.4 is 15.0 Å². The molecule has 28 heavy (non-hydrogen) atoms. The van der Waals surface area contributed by atoms with E-state index in [0.29, 0.717) is 17.1 Å². The van der Waals surface area contributed by atoms with Crippen molar-refractivity contribution in [2.45, 2.75) is 12.1 Å². The fourth-order valence-electron chi connectivity index (χ4n) is 3.27. The average molecular weight is 379 g/mol. The molecule has 9 nitrogen and oxygen atoms in total. The molecule has 0 aromatic heterocycles. The van der Waals surface area contributed by atoms with Crippen molar-refractivity contribution < 1.29 is 19.1 Å². The summed E-state index contributed by atoms with van der Waals surface area (Å²) < 4.78 is 5.26. The molecule has 0 aliphatic carbocycles. The van der Waals surface area contributed by atoms with Gasteiger partial charge in [-0.25, -0.2) is 4.90 Å². The first-order chi connectivity index (χ1) is 13.6. The van der Waals surface area contributed by atoms with Gasteiger partial charge in [-0.05, 0) is 24.3 Å². The minimum absolute atomic E-state index is 0.196. The second-order valence-corrected chi connectivity index (χ2v) is 6.29. The van der Waals surface area contributed by atoms with Gasteiger partial charge in [-0.1, -0.05) is 35.6 Å². The van der Waals surface area contributed by atoms with Gasteiger partial charge < -0.3 is 10.1 Å². The van der Waals surface area contributed by atoms with Gasteiger partial charge in [0.2, 0.25) is 5.91 Å². The van der Waals surface area contributed by atoms with E-state index in [0.717, 1.165) is 4.90 Å². The van der Waals surface area contributed by atoms with Crippen molar-refractivity contribution in [3.05, 3.63) is 54.6 Å². The second kappa shape index (κ2) is 7.10. The Labute approximate surface area is 160 Å². The second-order valence-electron chi connectivity index (χ2n) is 6.29. The number of anilines is 2. The van der Waals surface area contributed by atoms with E-state index in [2.05, 4.69) is 15.7 Å². The van der Waals surface area contributed by atoms with Crippen molar-refractivity contribution in [1.29, 1.82) is 0 Å². The van der Waals surface area contributed by atoms with Crippen molar-refractivity contribution in [2.24, 2.45) is 10.3 Å². The number of rotatable bonds is 5. The number of nitrogens with one attached hydrogen (secondary N) is 1. The van der Waals surface area contributed by atoms with Gasteiger partial charge in [0.15, 0.2) is 12.1 Å². The Morgan fingerprint density at radius 1 is 1.07 bits per heavy atom. The lowest BCUT2D eigenvalue weighted by atomic mass is 10.1. The van der Waals surface area contributed by atoms with Crippen LogP contribution in [0, 0.1) is 0 Å². The number of methoxy groups -OCH3 is 1. The van der Waals surface area contributed by atoms with Crippen LogP contribution >= 0.6 is 0 Å². The summed E-state index contributed by atoms with van der Waals surface area (Å²) in [6, 6.07) is 13.8. The average Bonchev–Trinajstić information content (AvgIpc) is 3.22. The Morgan fingerprint density at radius 2 is 1.79 bits per heavy atom. The lowest BCUT2D eigenvalue weighted by Gasteiger charge is -2.21. The van der Waals surface area contributed by atoms with Crippen LogP contribution in [0.4, 0.5) is 11.4 Å². The first-order valence-corrected chi connectivity index (χ1v) is 8.63. The highest BCUT2D eigenvalue weighted by molar-refractivity contribution is 6.26. The monoisotopic (exact) mass is 379 g/mol. The number of hydrogen-bond acceptors (Lipinski definition) is 7. The summed E-state index contributed by atoms with van der Waals surface area (Å²) in [5.74, 6) is -0.942. The maximum absolute atomic E-state index is 13.0. The van der Waals surface area contributed by atoms with E-state index in [1.165, 1.54) is 12.1 Å². The van der Waals surface area contributed by atoms with E-state index < -0.39 is 23.9 Å². The van der Waals surface area contributed by atoms with E-state index in [-0.39, 0.29) is 12.5 Å². The Balaban J connectivity index is 1.52. The smallest absolute Gasteiger partial charge is 0.263 e. The van der Waals surface area contributed by atoms with Crippen LogP contribution in [-0.2, 0) is 14.4 Å². The van der Waals surface area contributed by atoms with Crippen LogP contribution in [0.25, 0.3) is 0 Å². The predicted molar refractivity (Wildman–Crippen MR) is 99.7 cm³/mol. The highest BCUT2D eigenvalue weighted by atomic mass is 16.5. The predicted octanol–water partition coefficient (Wildman–Crippen LogP) is 1.63. The Bertz CT molecular complexity index is 962. The molecule has 4 rings (SSSR count). The molecule has 0 saturated carbocycles. The number of benzene rings is 2. The highest BCUT2D eigenvalue weighted by Crippen LogP contribution is 2.36. The lowest BCUT2D eigenvalue weighted by molar-refractivity contribution is -0.123. The van der Waals surface area contributed by atoms with Gasteiger partial charge in [0.05, 0.1) is 12.8 Å². The molecule has 142 valence electrons. The largest absolute Gasteiger partial charge is 0.495 e. The number of nitrogens with zero attached hydrogens (tertiary/aromatic N) is 4. The van der Waals surface area contributed by atoms with Crippen molar-refractivity contribution in [2.75, 3.05) is 23.9 Å². The topological polar surface area (TPSA) is 104 Å². The first kappa shape index (κ1) is 17.7. The highest BCUT2D eigenvalue weighted by Gasteiger charge is 2.55. The lowest BCUT2D eigenvalue weighted by Crippen LogP contribution is -2.43. The Morgan fingerprint density at radius 3 is 2.54 bits per heavy atom. The normalized spacial score (nSPS) is 20.5. The van der Waals surface area contributed by atoms with Crippen LogP contribution in [0.15, 0.2) is 64.9 Å². The van der Waals surface area contributed by atoms with E-state index in [9.17, 15) is 14.4 Å². The third-order valence-electron chi connectivity index (χ3n) is 4.55. The number of carbonyl (C=O) groups excluding carboxylic acids is 3. The zero-order valence-electron chi connectivity index (χ0n) is 15.0. The third-order valence-corrected chi connectivity index (χ3v) is 4.55. The molecule has 3 amide bonds. The standard InChI is InChI=1S/C19H17N5O4/c1-28-14-10-6-5-9-13(14)24-18(26)16-17(19(24)27)23(22-21-16)11-15(25)20-12-7-3-2-4-8-12/h2-10,16-17H,11H2,1H3,(H,20,25)/t16-,17+/m1/s1. The van der Waals surface area contributed by atoms with Crippen LogP contribution in [0.2, 0.25) is 0 Å². The van der Waals surface area contributed by atoms with Crippen LogP contribution in [0.3, 0.4) is 0 Å². The fourth-order valence-corrected chi connectivity index (χ4v) is 3.27. The van der Waals surface area contributed by atoms with E-state index in [1.807, 2.05) is 6.07 Å². The number of carbonyl (C=O) groups is 3. The molecule has 2 aliphatic heterocycles. The number of amides is 3. The molecule has 2 aliphatic rings. The molecular weight excluding hydrogens is 362 g/mol. The Kier molecular flexibility index (Phi) is 4.48. The number of ether oxygens (including phenoxy) is 1. The van der Waals surface area contributed by atoms with Gasteiger partial charge in [0, 0.05) is 5.69 Å². The SMILES string of the molecule is COc1ccccc1N1C(=O)[C@@H]2[C@@H](N=NN2CC(=O)Nc2ccccc2)C1=O. The molecular formula is C19H17N5O4. The summed E-state index contributed by atoms with van der Waals surface area (Å²) in [7, 11) is 1.46. The molecule has 0 radical (unpaired) electrons. The number of hydrogen-bond donors (Lipinski definition) is 1. The third kappa shape index (κ3) is 2.96. The van der Waals surface area contributed by atoms with Crippen molar-refractivity contribution in [1.82, 2.24) is 5.01 Å². The molecule has 0 unspecified atom stereocenters. The van der Waals surface area contributed by atoms with Gasteiger partial charge >= 0.3 is 0 Å². The quantitative estimate of drug-likeness (QED) is 0.795. The molecule has 0 spiro atoms. The zero-order chi connectivity index (χ0) is 19.7. The van der Waals surface area contributed by atoms with Crippen LogP contribution in [-0.4, -0.2) is 48.5 Å². The van der Waals surface area contributed by atoms with Gasteiger partial charge in [0.1, 0.15) is 12.3 Å². The van der Waals surface area contributed by atoms with Crippen molar-refractivity contribution in [3.63, 3.8) is 0 Å². The molecule has 2 atom stereocenters. The van der Waals surface area contributed by atoms with E-state index in [1.54, 1.807) is 48.5 Å². The van der Waals surface area contributed by atoms with Crippen LogP contribution in [0.5, 0.6) is 5.75 Å². The number of fused-ring (bicyclic) bond motifs is 1. The van der Waals surface area contributed by atoms with Gasteiger partial charge in [0.25, 0.3) is 11.8 Å². The van der Waals surface area contributed by atoms with E-state index >= 15 is 0 Å². The number of imide groups is 1. The summed E-state index contributed by atoms with van der Waals surface area (Å²) in [4.78, 5) is 39.1. The zero-order valence-corrected chi connectivity index (χ0v) is 15.0. The summed E-state index contributed by atoms with van der Waals surface area (Å²) >= 11 is 0. The number of para-hydroxylation sites is 3. The van der Waals surface area contributed by atoms with Gasteiger partial charge in [-0.2, -0.15) is 5.11 Å². The van der Waals surface area contributed by atoms with Gasteiger partial charge in [-0.3, -0.25) is 19.4 Å². The van der Waals surface area contributed by atoms with Gasteiger partial charge in [-0.15, -0.1) is 0 Å². The molecule has 1 N–H and O–H groups in total. The molecule has 2 heterocycles. The molecule has 1 saturated heterocycles. The summed E-state index contributed by atoms with van der Waals surface area (Å²) in [5.41, 5.74) is 0.975. The summed E-state index contributed by atoms with van der Waals surface area (Å²) in [6.45, 7) is -0.196. The summed E-state index contributed by atoms with van der Waals surface area (Å²) in [6.07, 6.45) is 0. The first-order valence-electron chi connectivity index (χ1n) is 8.63. The fraction of sp³-hybridized carbons (Fsp3) is 0.211. The van der Waals surface area contributed by atoms with E-state index in [4.69, 9.17) is 4.74 Å². The summed E-state index contributed by atoms with van der Waals surface area (Å²) in [5, 5.41) is 11.8. The molecule has 2 aromatic carbocycles. The maximum atomic E-state index is 13.0.